The third-order valence-corrected chi connectivity index (χ3v) is 7.23. The number of nitrogens with one attached hydrogen (secondary N) is 1. The molecule has 0 aliphatic heterocycles. The van der Waals surface area contributed by atoms with E-state index in [1.165, 1.54) is 0 Å². The molecule has 13 heteroatoms. The van der Waals surface area contributed by atoms with Crippen LogP contribution in [0.15, 0.2) is 30.9 Å². The summed E-state index contributed by atoms with van der Waals surface area (Å²) in [4.78, 5) is 12.9. The Bertz CT molecular complexity index is 1260. The fraction of sp³-hybridized carbons (Fsp3) is 0.542. The van der Waals surface area contributed by atoms with Crippen molar-refractivity contribution in [2.45, 2.75) is 58.1 Å². The molecule has 3 aromatic rings. The number of aromatic nitrogens is 6. The number of pyridine rings is 1. The lowest BCUT2D eigenvalue weighted by molar-refractivity contribution is 0.00152. The van der Waals surface area contributed by atoms with Crippen molar-refractivity contribution in [3.63, 3.8) is 0 Å². The summed E-state index contributed by atoms with van der Waals surface area (Å²) in [6.45, 7) is 9.43. The summed E-state index contributed by atoms with van der Waals surface area (Å²) in [5.74, 6) is 0.731. The molecule has 0 amide bonds. The number of anilines is 1. The van der Waals surface area contributed by atoms with E-state index in [9.17, 15) is 8.42 Å². The third kappa shape index (κ3) is 7.06. The standard InChI is InChI=1S/C24H35N7O5S/c1-15(2)36-21(22-26-10-17(4)11-27-22)18(5)37(32,33)30-24-29-28-23(19-8-16(3)9-25-12-19)31(24)20(13-34-6)14-35-7/h8-12,15,18,20-21H,13-14H2,1-7H3,(H,29,30)/t18-,21+/m0/s1. The van der Waals surface area contributed by atoms with Crippen LogP contribution in [0.2, 0.25) is 0 Å². The van der Waals surface area contributed by atoms with Crippen LogP contribution in [-0.4, -0.2) is 76.9 Å². The van der Waals surface area contributed by atoms with E-state index in [1.54, 1.807) is 50.5 Å². The van der Waals surface area contributed by atoms with Crippen molar-refractivity contribution in [1.29, 1.82) is 0 Å². The topological polar surface area (TPSA) is 143 Å². The van der Waals surface area contributed by atoms with Gasteiger partial charge in [0.1, 0.15) is 11.4 Å². The Hall–Kier alpha value is -3.00. The van der Waals surface area contributed by atoms with Gasteiger partial charge in [-0.05, 0) is 51.8 Å². The SMILES string of the molecule is COCC(COC)n1c(NS(=O)(=O)[C@@H](C)[C@@H](OC(C)C)c2ncc(C)cn2)nnc1-c1cncc(C)c1. The van der Waals surface area contributed by atoms with E-state index in [0.29, 0.717) is 11.4 Å². The molecule has 0 saturated carbocycles. The van der Waals surface area contributed by atoms with E-state index in [-0.39, 0.29) is 31.1 Å². The molecule has 12 nitrogen and oxygen atoms in total. The lowest BCUT2D eigenvalue weighted by Crippen LogP contribution is -2.35. The van der Waals surface area contributed by atoms with E-state index < -0.39 is 27.4 Å². The van der Waals surface area contributed by atoms with Crippen LogP contribution in [0.1, 0.15) is 49.9 Å². The van der Waals surface area contributed by atoms with Crippen molar-refractivity contribution in [3.8, 4) is 11.4 Å². The molecule has 0 aliphatic carbocycles. The second-order valence-electron chi connectivity index (χ2n) is 9.11. The number of methoxy groups -OCH3 is 2. The van der Waals surface area contributed by atoms with Gasteiger partial charge in [0.15, 0.2) is 11.6 Å². The number of hydrogen-bond donors (Lipinski definition) is 1. The fourth-order valence-corrected chi connectivity index (χ4v) is 4.86. The van der Waals surface area contributed by atoms with Gasteiger partial charge in [-0.2, -0.15) is 0 Å². The molecule has 3 heterocycles. The molecule has 0 bridgehead atoms. The molecule has 0 aromatic carbocycles. The predicted molar refractivity (Wildman–Crippen MR) is 139 cm³/mol. The zero-order chi connectivity index (χ0) is 27.2. The van der Waals surface area contributed by atoms with Gasteiger partial charge in [0, 0.05) is 44.6 Å². The van der Waals surface area contributed by atoms with Crippen LogP contribution >= 0.6 is 0 Å². The highest BCUT2D eigenvalue weighted by atomic mass is 32.2. The first-order valence-corrected chi connectivity index (χ1v) is 13.4. The highest BCUT2D eigenvalue weighted by Gasteiger charge is 2.36. The van der Waals surface area contributed by atoms with Crippen LogP contribution in [0.25, 0.3) is 11.4 Å². The predicted octanol–water partition coefficient (Wildman–Crippen LogP) is 2.88. The summed E-state index contributed by atoms with van der Waals surface area (Å²) in [7, 11) is -0.939. The van der Waals surface area contributed by atoms with Gasteiger partial charge in [-0.25, -0.2) is 18.4 Å². The number of sulfonamides is 1. The molecule has 3 aromatic heterocycles. The molecule has 1 N–H and O–H groups in total. The number of ether oxygens (including phenoxy) is 3. The summed E-state index contributed by atoms with van der Waals surface area (Å²) < 4.78 is 48.3. The monoisotopic (exact) mass is 533 g/mol. The van der Waals surface area contributed by atoms with Crippen LogP contribution < -0.4 is 4.72 Å². The Morgan fingerprint density at radius 2 is 1.59 bits per heavy atom. The molecule has 3 rings (SSSR count). The first-order valence-electron chi connectivity index (χ1n) is 11.9. The van der Waals surface area contributed by atoms with Crippen LogP contribution in [-0.2, 0) is 24.2 Å². The average molecular weight is 534 g/mol. The molecule has 0 fully saturated rings. The summed E-state index contributed by atoms with van der Waals surface area (Å²) in [5.41, 5.74) is 2.45. The largest absolute Gasteiger partial charge is 0.382 e. The number of rotatable bonds is 13. The maximum Gasteiger partial charge on any atom is 0.240 e. The Balaban J connectivity index is 2.04. The van der Waals surface area contributed by atoms with E-state index in [2.05, 4.69) is 29.9 Å². The second kappa shape index (κ2) is 12.5. The average Bonchev–Trinajstić information content (AvgIpc) is 3.25. The Morgan fingerprint density at radius 1 is 0.946 bits per heavy atom. The minimum atomic E-state index is -4.05. The van der Waals surface area contributed by atoms with Crippen LogP contribution in [0.4, 0.5) is 5.95 Å². The molecule has 0 aliphatic rings. The molecule has 0 radical (unpaired) electrons. The molecule has 0 spiro atoms. The first-order chi connectivity index (χ1) is 17.6. The number of hydrogen-bond acceptors (Lipinski definition) is 10. The van der Waals surface area contributed by atoms with Crippen molar-refractivity contribution in [2.24, 2.45) is 0 Å². The zero-order valence-electron chi connectivity index (χ0n) is 22.2. The van der Waals surface area contributed by atoms with Crippen molar-refractivity contribution in [3.05, 3.63) is 47.8 Å². The maximum atomic E-state index is 13.7. The van der Waals surface area contributed by atoms with Gasteiger partial charge in [-0.3, -0.25) is 14.3 Å². The molecular formula is C24H35N7O5S. The van der Waals surface area contributed by atoms with E-state index >= 15 is 0 Å². The lowest BCUT2D eigenvalue weighted by atomic mass is 10.2. The molecule has 0 unspecified atom stereocenters. The third-order valence-electron chi connectivity index (χ3n) is 5.54. The minimum Gasteiger partial charge on any atom is -0.382 e. The highest BCUT2D eigenvalue weighted by Crippen LogP contribution is 2.30. The number of nitrogens with zero attached hydrogens (tertiary/aromatic N) is 6. The summed E-state index contributed by atoms with van der Waals surface area (Å²) in [6.07, 6.45) is 5.45. The Morgan fingerprint density at radius 3 is 2.16 bits per heavy atom. The summed E-state index contributed by atoms with van der Waals surface area (Å²) >= 11 is 0. The normalized spacial score (nSPS) is 13.8. The summed E-state index contributed by atoms with van der Waals surface area (Å²) in [6, 6.07) is 1.48. The molecule has 202 valence electrons. The van der Waals surface area contributed by atoms with Gasteiger partial charge < -0.3 is 14.2 Å². The van der Waals surface area contributed by atoms with Gasteiger partial charge in [0.25, 0.3) is 0 Å². The number of aryl methyl sites for hydroxylation is 2. The minimum absolute atomic E-state index is 0.0237. The molecule has 0 saturated heterocycles. The second-order valence-corrected chi connectivity index (χ2v) is 11.1. The van der Waals surface area contributed by atoms with Crippen molar-refractivity contribution in [2.75, 3.05) is 32.2 Å². The Labute approximate surface area is 217 Å². The molecular weight excluding hydrogens is 498 g/mol. The van der Waals surface area contributed by atoms with E-state index in [0.717, 1.165) is 11.1 Å². The quantitative estimate of drug-likeness (QED) is 0.348. The van der Waals surface area contributed by atoms with Crippen molar-refractivity contribution in [1.82, 2.24) is 29.7 Å². The summed E-state index contributed by atoms with van der Waals surface area (Å²) in [5, 5.41) is 7.43. The van der Waals surface area contributed by atoms with Crippen molar-refractivity contribution >= 4 is 16.0 Å². The van der Waals surface area contributed by atoms with Crippen LogP contribution in [0.5, 0.6) is 0 Å². The maximum absolute atomic E-state index is 13.7. The van der Waals surface area contributed by atoms with Gasteiger partial charge in [-0.1, -0.05) is 0 Å². The van der Waals surface area contributed by atoms with Crippen molar-refractivity contribution < 1.29 is 22.6 Å². The highest BCUT2D eigenvalue weighted by molar-refractivity contribution is 7.93. The van der Waals surface area contributed by atoms with Crippen LogP contribution in [0, 0.1) is 13.8 Å². The lowest BCUT2D eigenvalue weighted by Gasteiger charge is -2.26. The molecule has 37 heavy (non-hydrogen) atoms. The van der Waals surface area contributed by atoms with Gasteiger partial charge >= 0.3 is 0 Å². The van der Waals surface area contributed by atoms with Crippen LogP contribution in [0.3, 0.4) is 0 Å². The first kappa shape index (κ1) is 28.6. The Kier molecular flexibility index (Phi) is 9.65. The smallest absolute Gasteiger partial charge is 0.240 e. The van der Waals surface area contributed by atoms with E-state index in [1.807, 2.05) is 33.8 Å². The van der Waals surface area contributed by atoms with Gasteiger partial charge in [0.2, 0.25) is 16.0 Å². The van der Waals surface area contributed by atoms with Gasteiger partial charge in [-0.15, -0.1) is 10.2 Å². The molecule has 2 atom stereocenters. The zero-order valence-corrected chi connectivity index (χ0v) is 23.1. The fourth-order valence-electron chi connectivity index (χ4n) is 3.77. The van der Waals surface area contributed by atoms with E-state index in [4.69, 9.17) is 14.2 Å². The van der Waals surface area contributed by atoms with Gasteiger partial charge in [0.05, 0.1) is 25.4 Å².